The maximum atomic E-state index is 13.3. The molecule has 3 aromatic rings. The van der Waals surface area contributed by atoms with Crippen molar-refractivity contribution in [1.29, 1.82) is 0 Å². The maximum Gasteiger partial charge on any atom is 0.260 e. The van der Waals surface area contributed by atoms with E-state index in [1.165, 1.54) is 0 Å². The Bertz CT molecular complexity index is 1100. The van der Waals surface area contributed by atoms with E-state index in [9.17, 15) is 4.79 Å². The molecular weight excluding hydrogens is 420 g/mol. The first-order chi connectivity index (χ1) is 16.0. The first-order valence-corrected chi connectivity index (χ1v) is 11.5. The molecule has 0 aliphatic rings. The number of nitrogens with one attached hydrogen (secondary N) is 1. The second-order valence-electron chi connectivity index (χ2n) is 7.71. The van der Waals surface area contributed by atoms with Crippen LogP contribution in [0.15, 0.2) is 29.1 Å². The molecular formula is C24H34N6O3. The van der Waals surface area contributed by atoms with Gasteiger partial charge in [-0.2, -0.15) is 4.98 Å². The third-order valence-corrected chi connectivity index (χ3v) is 5.76. The van der Waals surface area contributed by atoms with Gasteiger partial charge in [-0.25, -0.2) is 0 Å². The Kier molecular flexibility index (Phi) is 8.59. The topological polar surface area (TPSA) is 94.4 Å². The van der Waals surface area contributed by atoms with E-state index < -0.39 is 0 Å². The van der Waals surface area contributed by atoms with Gasteiger partial charge in [0.15, 0.2) is 5.65 Å². The van der Waals surface area contributed by atoms with Crippen LogP contribution >= 0.6 is 0 Å². The minimum absolute atomic E-state index is 0.147. The molecule has 1 N–H and O–H groups in total. The quantitative estimate of drug-likeness (QED) is 0.416. The van der Waals surface area contributed by atoms with Crippen LogP contribution in [0.5, 0.6) is 11.5 Å². The van der Waals surface area contributed by atoms with Crippen LogP contribution in [0.3, 0.4) is 0 Å². The second-order valence-corrected chi connectivity index (χ2v) is 7.71. The van der Waals surface area contributed by atoms with Gasteiger partial charge in [-0.05, 0) is 63.2 Å². The molecule has 0 aliphatic heterocycles. The molecule has 0 fully saturated rings. The monoisotopic (exact) mass is 454 g/mol. The van der Waals surface area contributed by atoms with Crippen molar-refractivity contribution in [3.8, 4) is 22.6 Å². The van der Waals surface area contributed by atoms with E-state index in [1.807, 2.05) is 6.92 Å². The van der Waals surface area contributed by atoms with Crippen molar-refractivity contribution >= 4 is 17.1 Å². The molecule has 1 aromatic carbocycles. The SMILES string of the molecule is CCN(CC)CCCCNc1nnc2cc(-c3cc(OC)cc(OC)c3)c(=O)n(CC)c2n1. The van der Waals surface area contributed by atoms with Crippen molar-refractivity contribution in [1.82, 2.24) is 24.6 Å². The molecule has 0 bridgehead atoms. The lowest BCUT2D eigenvalue weighted by Crippen LogP contribution is -2.24. The summed E-state index contributed by atoms with van der Waals surface area (Å²) >= 11 is 0. The number of hydrogen-bond acceptors (Lipinski definition) is 8. The average molecular weight is 455 g/mol. The normalized spacial score (nSPS) is 11.2. The predicted molar refractivity (Wildman–Crippen MR) is 131 cm³/mol. The Morgan fingerprint density at radius 3 is 2.27 bits per heavy atom. The molecule has 0 unspecified atom stereocenters. The first-order valence-electron chi connectivity index (χ1n) is 11.5. The summed E-state index contributed by atoms with van der Waals surface area (Å²) in [5.41, 5.74) is 2.11. The molecule has 0 atom stereocenters. The Morgan fingerprint density at radius 2 is 1.67 bits per heavy atom. The molecule has 2 aromatic heterocycles. The van der Waals surface area contributed by atoms with E-state index in [1.54, 1.807) is 43.1 Å². The largest absolute Gasteiger partial charge is 0.497 e. The molecule has 3 rings (SSSR count). The van der Waals surface area contributed by atoms with Crippen LogP contribution in [-0.2, 0) is 6.54 Å². The third kappa shape index (κ3) is 5.78. The minimum Gasteiger partial charge on any atom is -0.497 e. The summed E-state index contributed by atoms with van der Waals surface area (Å²) in [7, 11) is 3.16. The standard InChI is InChI=1S/C24H34N6O3/c1-6-29(7-2)12-10-9-11-25-24-26-22-21(27-28-24)16-20(23(31)30(22)8-3)17-13-18(32-4)15-19(14-17)33-5/h13-16H,6-12H2,1-5H3,(H,25,26,28). The van der Waals surface area contributed by atoms with Gasteiger partial charge in [0.05, 0.1) is 14.2 Å². The summed E-state index contributed by atoms with van der Waals surface area (Å²) in [6, 6.07) is 7.11. The van der Waals surface area contributed by atoms with Crippen LogP contribution in [0.2, 0.25) is 0 Å². The van der Waals surface area contributed by atoms with Gasteiger partial charge in [0.2, 0.25) is 5.95 Å². The fraction of sp³-hybridized carbons (Fsp3) is 0.500. The molecule has 2 heterocycles. The van der Waals surface area contributed by atoms with Gasteiger partial charge >= 0.3 is 0 Å². The van der Waals surface area contributed by atoms with Crippen LogP contribution in [0.25, 0.3) is 22.3 Å². The summed E-state index contributed by atoms with van der Waals surface area (Å²) in [5.74, 6) is 1.65. The highest BCUT2D eigenvalue weighted by Crippen LogP contribution is 2.29. The van der Waals surface area contributed by atoms with Crippen LogP contribution in [0, 0.1) is 0 Å². The van der Waals surface area contributed by atoms with E-state index >= 15 is 0 Å². The number of aromatic nitrogens is 4. The molecule has 0 saturated heterocycles. The number of rotatable bonds is 12. The Labute approximate surface area is 194 Å². The van der Waals surface area contributed by atoms with Gasteiger partial charge < -0.3 is 19.7 Å². The summed E-state index contributed by atoms with van der Waals surface area (Å²) in [5, 5.41) is 11.8. The molecule has 9 nitrogen and oxygen atoms in total. The highest BCUT2D eigenvalue weighted by molar-refractivity contribution is 5.79. The van der Waals surface area contributed by atoms with Crippen molar-refractivity contribution < 1.29 is 9.47 Å². The highest BCUT2D eigenvalue weighted by Gasteiger charge is 2.15. The number of aryl methyl sites for hydroxylation is 1. The molecule has 0 saturated carbocycles. The zero-order valence-electron chi connectivity index (χ0n) is 20.2. The van der Waals surface area contributed by atoms with Crippen LogP contribution in [0.1, 0.15) is 33.6 Å². The number of fused-ring (bicyclic) bond motifs is 1. The lowest BCUT2D eigenvalue weighted by atomic mass is 10.1. The van der Waals surface area contributed by atoms with Crippen molar-refractivity contribution in [2.75, 3.05) is 45.7 Å². The summed E-state index contributed by atoms with van der Waals surface area (Å²) < 4.78 is 12.3. The number of unbranched alkanes of at least 4 members (excludes halogenated alkanes) is 1. The maximum absolute atomic E-state index is 13.3. The minimum atomic E-state index is -0.147. The Morgan fingerprint density at radius 1 is 0.970 bits per heavy atom. The number of nitrogens with zero attached hydrogens (tertiary/aromatic N) is 5. The van der Waals surface area contributed by atoms with Gasteiger partial charge in [-0.1, -0.05) is 13.8 Å². The first kappa shape index (κ1) is 24.4. The average Bonchev–Trinajstić information content (AvgIpc) is 2.85. The van der Waals surface area contributed by atoms with Crippen LogP contribution < -0.4 is 20.3 Å². The molecule has 0 amide bonds. The van der Waals surface area contributed by atoms with Crippen LogP contribution in [0.4, 0.5) is 5.95 Å². The predicted octanol–water partition coefficient (Wildman–Crippen LogP) is 3.42. The lowest BCUT2D eigenvalue weighted by molar-refractivity contribution is 0.298. The van der Waals surface area contributed by atoms with Gasteiger partial charge in [0.1, 0.15) is 17.0 Å². The summed E-state index contributed by atoms with van der Waals surface area (Å²) in [4.78, 5) is 20.3. The fourth-order valence-electron chi connectivity index (χ4n) is 3.80. The van der Waals surface area contributed by atoms with Crippen molar-refractivity contribution in [2.45, 2.75) is 40.2 Å². The van der Waals surface area contributed by atoms with E-state index in [0.717, 1.165) is 39.0 Å². The molecule has 33 heavy (non-hydrogen) atoms. The highest BCUT2D eigenvalue weighted by atomic mass is 16.5. The zero-order valence-corrected chi connectivity index (χ0v) is 20.2. The molecule has 0 aliphatic carbocycles. The molecule has 0 radical (unpaired) electrons. The van der Waals surface area contributed by atoms with Crippen molar-refractivity contribution in [3.05, 3.63) is 34.6 Å². The third-order valence-electron chi connectivity index (χ3n) is 5.76. The van der Waals surface area contributed by atoms with E-state index in [-0.39, 0.29) is 5.56 Å². The number of methoxy groups -OCH3 is 2. The zero-order chi connectivity index (χ0) is 23.8. The lowest BCUT2D eigenvalue weighted by Gasteiger charge is -2.17. The fourth-order valence-corrected chi connectivity index (χ4v) is 3.80. The number of benzene rings is 1. The van der Waals surface area contributed by atoms with E-state index in [0.29, 0.717) is 46.3 Å². The van der Waals surface area contributed by atoms with Gasteiger partial charge in [0.25, 0.3) is 5.56 Å². The van der Waals surface area contributed by atoms with Gasteiger partial charge in [0, 0.05) is 24.7 Å². The number of hydrogen-bond donors (Lipinski definition) is 1. The van der Waals surface area contributed by atoms with Gasteiger partial charge in [-0.3, -0.25) is 9.36 Å². The summed E-state index contributed by atoms with van der Waals surface area (Å²) in [6.07, 6.45) is 2.11. The van der Waals surface area contributed by atoms with Crippen molar-refractivity contribution in [3.63, 3.8) is 0 Å². The second kappa shape index (κ2) is 11.6. The molecule has 9 heteroatoms. The molecule has 0 spiro atoms. The van der Waals surface area contributed by atoms with Crippen molar-refractivity contribution in [2.24, 2.45) is 0 Å². The Hall–Kier alpha value is -3.20. The number of anilines is 1. The Balaban J connectivity index is 1.85. The smallest absolute Gasteiger partial charge is 0.260 e. The van der Waals surface area contributed by atoms with Gasteiger partial charge in [-0.15, -0.1) is 10.2 Å². The van der Waals surface area contributed by atoms with E-state index in [2.05, 4.69) is 39.2 Å². The summed E-state index contributed by atoms with van der Waals surface area (Å²) in [6.45, 7) is 10.7. The number of pyridine rings is 1. The number of ether oxygens (including phenoxy) is 2. The van der Waals surface area contributed by atoms with Crippen LogP contribution in [-0.4, -0.2) is 65.0 Å². The van der Waals surface area contributed by atoms with E-state index in [4.69, 9.17) is 9.47 Å². The molecule has 178 valence electrons.